The standard InChI is InChI=1S/C13H21BrN2S2/c1-3-15-11(8-10-4-5-13(14)18-10)12-9-17-7-6-16(12)2/h4-5,11-12,15H,3,6-9H2,1-2H3. The third-order valence-corrected chi connectivity index (χ3v) is 6.12. The van der Waals surface area contributed by atoms with Crippen molar-refractivity contribution >= 4 is 39.0 Å². The van der Waals surface area contributed by atoms with Crippen LogP contribution in [0.1, 0.15) is 11.8 Å². The smallest absolute Gasteiger partial charge is 0.0701 e. The largest absolute Gasteiger partial charge is 0.312 e. The Labute approximate surface area is 127 Å². The fourth-order valence-corrected chi connectivity index (χ4v) is 5.27. The zero-order valence-corrected chi connectivity index (χ0v) is 14.2. The van der Waals surface area contributed by atoms with Crippen molar-refractivity contribution in [2.75, 3.05) is 31.6 Å². The van der Waals surface area contributed by atoms with Crippen LogP contribution in [0.5, 0.6) is 0 Å². The van der Waals surface area contributed by atoms with E-state index in [0.717, 1.165) is 13.0 Å². The maximum atomic E-state index is 3.68. The fourth-order valence-electron chi connectivity index (χ4n) is 2.41. The Morgan fingerprint density at radius 3 is 3.00 bits per heavy atom. The third kappa shape index (κ3) is 3.97. The highest BCUT2D eigenvalue weighted by molar-refractivity contribution is 9.11. The van der Waals surface area contributed by atoms with Gasteiger partial charge in [-0.3, -0.25) is 0 Å². The van der Waals surface area contributed by atoms with Crippen LogP contribution in [0.3, 0.4) is 0 Å². The summed E-state index contributed by atoms with van der Waals surface area (Å²) < 4.78 is 1.24. The van der Waals surface area contributed by atoms with Gasteiger partial charge in [0.2, 0.25) is 0 Å². The van der Waals surface area contributed by atoms with Crippen LogP contribution in [-0.2, 0) is 6.42 Å². The maximum Gasteiger partial charge on any atom is 0.0701 e. The normalized spacial score (nSPS) is 23.2. The first-order valence-corrected chi connectivity index (χ1v) is 9.22. The van der Waals surface area contributed by atoms with Gasteiger partial charge in [0.25, 0.3) is 0 Å². The monoisotopic (exact) mass is 348 g/mol. The van der Waals surface area contributed by atoms with Crippen molar-refractivity contribution in [2.24, 2.45) is 0 Å². The Morgan fingerprint density at radius 2 is 2.39 bits per heavy atom. The second-order valence-electron chi connectivity index (χ2n) is 4.70. The minimum atomic E-state index is 0.568. The molecule has 1 N–H and O–H groups in total. The van der Waals surface area contributed by atoms with Gasteiger partial charge in [-0.05, 0) is 48.1 Å². The van der Waals surface area contributed by atoms with Gasteiger partial charge in [0.05, 0.1) is 3.79 Å². The molecule has 1 aromatic rings. The van der Waals surface area contributed by atoms with Crippen LogP contribution in [0.25, 0.3) is 0 Å². The molecule has 2 heterocycles. The summed E-state index contributed by atoms with van der Waals surface area (Å²) in [4.78, 5) is 3.99. The SMILES string of the molecule is CCNC(Cc1ccc(Br)s1)C1CSCCN1C. The second-order valence-corrected chi connectivity index (χ2v) is 8.39. The number of thioether (sulfide) groups is 1. The third-order valence-electron chi connectivity index (χ3n) is 3.42. The molecule has 0 spiro atoms. The molecule has 1 saturated heterocycles. The van der Waals surface area contributed by atoms with E-state index in [1.54, 1.807) is 0 Å². The molecule has 18 heavy (non-hydrogen) atoms. The molecule has 102 valence electrons. The van der Waals surface area contributed by atoms with Crippen molar-refractivity contribution in [3.63, 3.8) is 0 Å². The molecule has 0 aromatic carbocycles. The molecule has 2 nitrogen and oxygen atoms in total. The van der Waals surface area contributed by atoms with Gasteiger partial charge in [-0.15, -0.1) is 11.3 Å². The van der Waals surface area contributed by atoms with E-state index in [0.29, 0.717) is 12.1 Å². The molecule has 1 fully saturated rings. The van der Waals surface area contributed by atoms with E-state index in [9.17, 15) is 0 Å². The Morgan fingerprint density at radius 1 is 1.56 bits per heavy atom. The van der Waals surface area contributed by atoms with E-state index < -0.39 is 0 Å². The molecule has 5 heteroatoms. The van der Waals surface area contributed by atoms with E-state index >= 15 is 0 Å². The van der Waals surface area contributed by atoms with Crippen LogP contribution in [0, 0.1) is 0 Å². The molecular formula is C13H21BrN2S2. The summed E-state index contributed by atoms with van der Waals surface area (Å²) in [5.74, 6) is 2.52. The number of rotatable bonds is 5. The van der Waals surface area contributed by atoms with Gasteiger partial charge in [-0.2, -0.15) is 11.8 Å². The van der Waals surface area contributed by atoms with Crippen molar-refractivity contribution < 1.29 is 0 Å². The number of hydrogen-bond acceptors (Lipinski definition) is 4. The lowest BCUT2D eigenvalue weighted by atomic mass is 10.0. The van der Waals surface area contributed by atoms with Gasteiger partial charge in [-0.1, -0.05) is 6.92 Å². The average Bonchev–Trinajstić information content (AvgIpc) is 2.75. The van der Waals surface area contributed by atoms with Crippen LogP contribution in [-0.4, -0.2) is 48.6 Å². The lowest BCUT2D eigenvalue weighted by molar-refractivity contribution is 0.215. The quantitative estimate of drug-likeness (QED) is 0.880. The highest BCUT2D eigenvalue weighted by Crippen LogP contribution is 2.25. The lowest BCUT2D eigenvalue weighted by Gasteiger charge is -2.38. The number of thiophene rings is 1. The number of nitrogens with zero attached hydrogens (tertiary/aromatic N) is 1. The van der Waals surface area contributed by atoms with Gasteiger partial charge >= 0.3 is 0 Å². The first kappa shape index (κ1) is 14.9. The molecule has 1 aliphatic heterocycles. The van der Waals surface area contributed by atoms with Crippen LogP contribution in [0.2, 0.25) is 0 Å². The first-order chi connectivity index (χ1) is 8.70. The Kier molecular flexibility index (Phi) is 6.01. The molecule has 2 unspecified atom stereocenters. The lowest BCUT2D eigenvalue weighted by Crippen LogP contribution is -2.53. The Balaban J connectivity index is 2.02. The maximum absolute atomic E-state index is 3.68. The number of hydrogen-bond donors (Lipinski definition) is 1. The van der Waals surface area contributed by atoms with Gasteiger partial charge in [0.15, 0.2) is 0 Å². The molecule has 0 bridgehead atoms. The van der Waals surface area contributed by atoms with Gasteiger partial charge in [0, 0.05) is 35.0 Å². The van der Waals surface area contributed by atoms with E-state index in [1.807, 2.05) is 11.3 Å². The van der Waals surface area contributed by atoms with Gasteiger partial charge in [0.1, 0.15) is 0 Å². The van der Waals surface area contributed by atoms with E-state index in [2.05, 4.69) is 64.0 Å². The summed E-state index contributed by atoms with van der Waals surface area (Å²) in [5.41, 5.74) is 0. The van der Waals surface area contributed by atoms with E-state index in [-0.39, 0.29) is 0 Å². The number of likely N-dealkylation sites (N-methyl/N-ethyl adjacent to an activating group) is 2. The van der Waals surface area contributed by atoms with Crippen molar-refractivity contribution in [3.05, 3.63) is 20.8 Å². The Hall–Kier alpha value is 0.450. The summed E-state index contributed by atoms with van der Waals surface area (Å²) >= 11 is 7.50. The fraction of sp³-hybridized carbons (Fsp3) is 0.692. The first-order valence-electron chi connectivity index (χ1n) is 6.46. The van der Waals surface area contributed by atoms with Crippen LogP contribution in [0.15, 0.2) is 15.9 Å². The molecule has 2 atom stereocenters. The minimum Gasteiger partial charge on any atom is -0.312 e. The van der Waals surface area contributed by atoms with Gasteiger partial charge < -0.3 is 10.2 Å². The topological polar surface area (TPSA) is 15.3 Å². The van der Waals surface area contributed by atoms with E-state index in [4.69, 9.17) is 0 Å². The zero-order chi connectivity index (χ0) is 13.0. The summed E-state index contributed by atoms with van der Waals surface area (Å²) in [5, 5.41) is 3.68. The van der Waals surface area contributed by atoms with Crippen LogP contribution in [0.4, 0.5) is 0 Å². The Bertz CT molecular complexity index is 370. The number of nitrogens with one attached hydrogen (secondary N) is 1. The number of halogens is 1. The molecular weight excluding hydrogens is 328 g/mol. The molecule has 0 aliphatic carbocycles. The average molecular weight is 349 g/mol. The van der Waals surface area contributed by atoms with Crippen molar-refractivity contribution in [3.8, 4) is 0 Å². The summed E-state index contributed by atoms with van der Waals surface area (Å²) in [6, 6.07) is 5.63. The van der Waals surface area contributed by atoms with Crippen molar-refractivity contribution in [1.82, 2.24) is 10.2 Å². The molecule has 1 aliphatic rings. The molecule has 2 rings (SSSR count). The molecule has 0 radical (unpaired) electrons. The zero-order valence-electron chi connectivity index (χ0n) is 11.0. The molecule has 0 amide bonds. The predicted octanol–water partition coefficient (Wildman–Crippen LogP) is 3.08. The molecule has 1 aromatic heterocycles. The van der Waals surface area contributed by atoms with Crippen molar-refractivity contribution in [1.29, 1.82) is 0 Å². The highest BCUT2D eigenvalue weighted by atomic mass is 79.9. The summed E-state index contributed by atoms with van der Waals surface area (Å²) in [6.45, 7) is 4.46. The minimum absolute atomic E-state index is 0.568. The van der Waals surface area contributed by atoms with Gasteiger partial charge in [-0.25, -0.2) is 0 Å². The molecule has 0 saturated carbocycles. The predicted molar refractivity (Wildman–Crippen MR) is 86.9 cm³/mol. The highest BCUT2D eigenvalue weighted by Gasteiger charge is 2.27. The second kappa shape index (κ2) is 7.29. The summed E-state index contributed by atoms with van der Waals surface area (Å²) in [6.07, 6.45) is 1.14. The van der Waals surface area contributed by atoms with Crippen LogP contribution >= 0.6 is 39.0 Å². The van der Waals surface area contributed by atoms with E-state index in [1.165, 1.54) is 26.7 Å². The van der Waals surface area contributed by atoms with Crippen molar-refractivity contribution in [2.45, 2.75) is 25.4 Å². The van der Waals surface area contributed by atoms with Crippen LogP contribution < -0.4 is 5.32 Å². The summed E-state index contributed by atoms with van der Waals surface area (Å²) in [7, 11) is 2.26.